The van der Waals surface area contributed by atoms with Crippen LogP contribution in [0.3, 0.4) is 0 Å². The third-order valence-corrected chi connectivity index (χ3v) is 5.77. The highest BCUT2D eigenvalue weighted by Gasteiger charge is 2.37. The lowest BCUT2D eigenvalue weighted by Crippen LogP contribution is -2.50. The molecule has 1 aliphatic carbocycles. The molecule has 1 N–H and O–H groups in total. The van der Waals surface area contributed by atoms with Gasteiger partial charge in [-0.25, -0.2) is 0 Å². The second-order valence-electron chi connectivity index (χ2n) is 6.86. The van der Waals surface area contributed by atoms with E-state index in [-0.39, 0.29) is 23.9 Å². The molecule has 0 radical (unpaired) electrons. The molecule has 3 rings (SSSR count). The summed E-state index contributed by atoms with van der Waals surface area (Å²) in [4.78, 5) is 27.2. The minimum atomic E-state index is -0.365. The van der Waals surface area contributed by atoms with Crippen LogP contribution in [-0.4, -0.2) is 45.0 Å². The Morgan fingerprint density at radius 1 is 1.30 bits per heavy atom. The van der Waals surface area contributed by atoms with Crippen LogP contribution >= 0.6 is 11.8 Å². The maximum Gasteiger partial charge on any atom is 0.271 e. The zero-order chi connectivity index (χ0) is 16.6. The van der Waals surface area contributed by atoms with Crippen molar-refractivity contribution in [3.63, 3.8) is 0 Å². The van der Waals surface area contributed by atoms with Crippen LogP contribution in [-0.2, 0) is 4.79 Å². The smallest absolute Gasteiger partial charge is 0.271 e. The summed E-state index contributed by atoms with van der Waals surface area (Å²) < 4.78 is 2.07. The number of nitrogens with zero attached hydrogens (tertiary/aromatic N) is 2. The molecule has 1 aromatic heterocycles. The molecule has 6 heteroatoms. The molecule has 1 aromatic rings. The molecule has 5 nitrogen and oxygen atoms in total. The number of amides is 2. The molecule has 0 unspecified atom stereocenters. The minimum absolute atomic E-state index is 0.0238. The predicted octanol–water partition coefficient (Wildman–Crippen LogP) is 2.50. The summed E-state index contributed by atoms with van der Waals surface area (Å²) in [6, 6.07) is 4.00. The Kier molecular flexibility index (Phi) is 4.71. The van der Waals surface area contributed by atoms with Crippen LogP contribution in [0.5, 0.6) is 0 Å². The van der Waals surface area contributed by atoms with E-state index in [1.54, 1.807) is 16.7 Å². The van der Waals surface area contributed by atoms with Crippen LogP contribution in [0.4, 0.5) is 0 Å². The Labute approximate surface area is 141 Å². The van der Waals surface area contributed by atoms with E-state index in [0.717, 1.165) is 12.8 Å². The molecule has 0 spiro atoms. The molecule has 1 saturated heterocycles. The lowest BCUT2D eigenvalue weighted by Gasteiger charge is -2.26. The van der Waals surface area contributed by atoms with Gasteiger partial charge < -0.3 is 14.8 Å². The second-order valence-corrected chi connectivity index (χ2v) is 7.86. The van der Waals surface area contributed by atoms with Crippen molar-refractivity contribution in [2.24, 2.45) is 5.92 Å². The highest BCUT2D eigenvalue weighted by Crippen LogP contribution is 2.36. The fraction of sp³-hybridized carbons (Fsp3) is 0.647. The number of hydrogen-bond acceptors (Lipinski definition) is 3. The average Bonchev–Trinajstić information content (AvgIpc) is 3.04. The maximum absolute atomic E-state index is 12.9. The molecule has 2 fully saturated rings. The SMILES string of the molecule is CC(C)[C@@H](C)NC(=O)[C@@H]1CSCN1C(=O)c1cccn1C1CC1. The molecule has 126 valence electrons. The number of rotatable bonds is 5. The van der Waals surface area contributed by atoms with E-state index >= 15 is 0 Å². The molecular weight excluding hydrogens is 310 g/mol. The highest BCUT2D eigenvalue weighted by molar-refractivity contribution is 7.99. The molecule has 2 heterocycles. The first-order valence-corrected chi connectivity index (χ1v) is 9.50. The van der Waals surface area contributed by atoms with Crippen molar-refractivity contribution in [1.82, 2.24) is 14.8 Å². The van der Waals surface area contributed by atoms with E-state index in [0.29, 0.717) is 29.3 Å². The second kappa shape index (κ2) is 6.59. The van der Waals surface area contributed by atoms with Crippen LogP contribution in [0.1, 0.15) is 50.1 Å². The van der Waals surface area contributed by atoms with Crippen LogP contribution < -0.4 is 5.32 Å². The van der Waals surface area contributed by atoms with Crippen LogP contribution in [0.2, 0.25) is 0 Å². The first kappa shape index (κ1) is 16.4. The molecule has 0 bridgehead atoms. The zero-order valence-corrected chi connectivity index (χ0v) is 14.8. The summed E-state index contributed by atoms with van der Waals surface area (Å²) in [5.74, 6) is 1.58. The largest absolute Gasteiger partial charge is 0.352 e. The highest BCUT2D eigenvalue weighted by atomic mass is 32.2. The summed E-state index contributed by atoms with van der Waals surface area (Å²) >= 11 is 1.64. The lowest BCUT2D eigenvalue weighted by molar-refractivity contribution is -0.125. The fourth-order valence-corrected chi connectivity index (χ4v) is 3.89. The van der Waals surface area contributed by atoms with Gasteiger partial charge in [-0.05, 0) is 37.8 Å². The summed E-state index contributed by atoms with van der Waals surface area (Å²) in [6.45, 7) is 6.18. The Morgan fingerprint density at radius 2 is 2.04 bits per heavy atom. The maximum atomic E-state index is 12.9. The van der Waals surface area contributed by atoms with Crippen LogP contribution in [0.15, 0.2) is 18.3 Å². The minimum Gasteiger partial charge on any atom is -0.352 e. The Morgan fingerprint density at radius 3 is 2.70 bits per heavy atom. The Bertz CT molecular complexity index is 594. The standard InChI is InChI=1S/C17H25N3O2S/c1-11(2)12(3)18-16(21)15-9-23-10-20(15)17(22)14-5-4-8-19(14)13-6-7-13/h4-5,8,11-13,15H,6-7,9-10H2,1-3H3,(H,18,21)/t12-,15+/m1/s1. The van der Waals surface area contributed by atoms with Crippen molar-refractivity contribution in [1.29, 1.82) is 0 Å². The van der Waals surface area contributed by atoms with Gasteiger partial charge in [0, 0.05) is 24.0 Å². The van der Waals surface area contributed by atoms with E-state index in [4.69, 9.17) is 0 Å². The summed E-state index contributed by atoms with van der Waals surface area (Å²) in [5, 5.41) is 3.05. The van der Waals surface area contributed by atoms with E-state index in [2.05, 4.69) is 23.7 Å². The Hall–Kier alpha value is -1.43. The molecular formula is C17H25N3O2S. The van der Waals surface area contributed by atoms with Crippen LogP contribution in [0, 0.1) is 5.92 Å². The van der Waals surface area contributed by atoms with Crippen molar-refractivity contribution < 1.29 is 9.59 Å². The molecule has 1 aliphatic heterocycles. The average molecular weight is 335 g/mol. The number of hydrogen-bond donors (Lipinski definition) is 1. The van der Waals surface area contributed by atoms with Crippen molar-refractivity contribution in [3.05, 3.63) is 24.0 Å². The van der Waals surface area contributed by atoms with E-state index < -0.39 is 0 Å². The quantitative estimate of drug-likeness (QED) is 0.899. The van der Waals surface area contributed by atoms with Gasteiger partial charge in [-0.3, -0.25) is 9.59 Å². The summed E-state index contributed by atoms with van der Waals surface area (Å²) in [5.41, 5.74) is 0.713. The van der Waals surface area contributed by atoms with Crippen molar-refractivity contribution in [2.45, 2.75) is 51.7 Å². The van der Waals surface area contributed by atoms with Gasteiger partial charge in [0.05, 0.1) is 5.88 Å². The van der Waals surface area contributed by atoms with Gasteiger partial charge in [-0.2, -0.15) is 0 Å². The van der Waals surface area contributed by atoms with E-state index in [9.17, 15) is 9.59 Å². The van der Waals surface area contributed by atoms with Gasteiger partial charge >= 0.3 is 0 Å². The number of carbonyl (C=O) groups excluding carboxylic acids is 2. The third-order valence-electron chi connectivity index (χ3n) is 4.75. The van der Waals surface area contributed by atoms with Gasteiger partial charge in [0.25, 0.3) is 5.91 Å². The van der Waals surface area contributed by atoms with Gasteiger partial charge in [0.15, 0.2) is 0 Å². The molecule has 23 heavy (non-hydrogen) atoms. The number of aromatic nitrogens is 1. The zero-order valence-electron chi connectivity index (χ0n) is 14.0. The van der Waals surface area contributed by atoms with Gasteiger partial charge in [-0.15, -0.1) is 11.8 Å². The molecule has 2 atom stereocenters. The monoisotopic (exact) mass is 335 g/mol. The summed E-state index contributed by atoms with van der Waals surface area (Å²) in [6.07, 6.45) is 4.25. The van der Waals surface area contributed by atoms with Crippen molar-refractivity contribution in [2.75, 3.05) is 11.6 Å². The van der Waals surface area contributed by atoms with Gasteiger partial charge in [0.2, 0.25) is 5.91 Å². The van der Waals surface area contributed by atoms with Crippen molar-refractivity contribution >= 4 is 23.6 Å². The van der Waals surface area contributed by atoms with Crippen LogP contribution in [0.25, 0.3) is 0 Å². The number of thioether (sulfide) groups is 1. The molecule has 0 aromatic carbocycles. The summed E-state index contributed by atoms with van der Waals surface area (Å²) in [7, 11) is 0. The number of nitrogens with one attached hydrogen (secondary N) is 1. The van der Waals surface area contributed by atoms with Gasteiger partial charge in [-0.1, -0.05) is 13.8 Å². The first-order chi connectivity index (χ1) is 11.0. The van der Waals surface area contributed by atoms with E-state index in [1.807, 2.05) is 25.3 Å². The molecule has 1 saturated carbocycles. The normalized spacial score (nSPS) is 22.4. The van der Waals surface area contributed by atoms with Crippen molar-refractivity contribution in [3.8, 4) is 0 Å². The third kappa shape index (κ3) is 3.42. The number of carbonyl (C=O) groups is 2. The predicted molar refractivity (Wildman–Crippen MR) is 92.4 cm³/mol. The molecule has 2 aliphatic rings. The van der Waals surface area contributed by atoms with E-state index in [1.165, 1.54) is 0 Å². The topological polar surface area (TPSA) is 54.3 Å². The molecule has 2 amide bonds. The lowest BCUT2D eigenvalue weighted by atomic mass is 10.1. The fourth-order valence-electron chi connectivity index (χ4n) is 2.74. The first-order valence-electron chi connectivity index (χ1n) is 8.35. The Balaban J connectivity index is 1.72. The van der Waals surface area contributed by atoms with Gasteiger partial charge in [0.1, 0.15) is 11.7 Å².